The van der Waals surface area contributed by atoms with E-state index in [0.717, 1.165) is 17.1 Å². The molecule has 0 saturated heterocycles. The second-order valence-corrected chi connectivity index (χ2v) is 6.79. The van der Waals surface area contributed by atoms with Crippen LogP contribution in [0.2, 0.25) is 0 Å². The molecule has 0 bridgehead atoms. The Balaban J connectivity index is 1.63. The summed E-state index contributed by atoms with van der Waals surface area (Å²) in [5, 5.41) is 11.9. The Labute approximate surface area is 166 Å². The van der Waals surface area contributed by atoms with Gasteiger partial charge in [0.15, 0.2) is 11.0 Å². The lowest BCUT2D eigenvalue weighted by molar-refractivity contribution is -0.113. The number of carbonyl (C=O) groups is 2. The molecule has 146 valence electrons. The molecule has 3 rings (SSSR count). The summed E-state index contributed by atoms with van der Waals surface area (Å²) in [7, 11) is 1.32. The highest BCUT2D eigenvalue weighted by Gasteiger charge is 2.17. The van der Waals surface area contributed by atoms with Crippen molar-refractivity contribution in [3.05, 3.63) is 47.9 Å². The summed E-state index contributed by atoms with van der Waals surface area (Å²) < 4.78 is 11.9. The van der Waals surface area contributed by atoms with Crippen LogP contribution in [0.3, 0.4) is 0 Å². The summed E-state index contributed by atoms with van der Waals surface area (Å²) in [5.41, 5.74) is 1.91. The smallest absolute Gasteiger partial charge is 0.337 e. The zero-order valence-corrected chi connectivity index (χ0v) is 16.6. The van der Waals surface area contributed by atoms with Crippen LogP contribution in [0.5, 0.6) is 0 Å². The minimum absolute atomic E-state index is 0.178. The van der Waals surface area contributed by atoms with Crippen LogP contribution in [0.25, 0.3) is 11.4 Å². The van der Waals surface area contributed by atoms with Gasteiger partial charge in [-0.1, -0.05) is 11.8 Å². The van der Waals surface area contributed by atoms with Gasteiger partial charge in [-0.2, -0.15) is 0 Å². The molecule has 0 aliphatic carbocycles. The number of aryl methyl sites for hydroxylation is 1. The Morgan fingerprint density at radius 3 is 2.57 bits per heavy atom. The molecule has 2 heterocycles. The molecule has 1 amide bonds. The van der Waals surface area contributed by atoms with Gasteiger partial charge in [-0.15, -0.1) is 10.2 Å². The van der Waals surface area contributed by atoms with E-state index < -0.39 is 5.97 Å². The lowest BCUT2D eigenvalue weighted by Gasteiger charge is -2.08. The molecule has 1 N–H and O–H groups in total. The van der Waals surface area contributed by atoms with E-state index in [1.54, 1.807) is 30.5 Å². The van der Waals surface area contributed by atoms with Crippen LogP contribution in [-0.4, -0.2) is 39.5 Å². The van der Waals surface area contributed by atoms with Crippen molar-refractivity contribution in [2.75, 3.05) is 18.2 Å². The van der Waals surface area contributed by atoms with E-state index in [9.17, 15) is 9.59 Å². The highest BCUT2D eigenvalue weighted by molar-refractivity contribution is 7.99. The summed E-state index contributed by atoms with van der Waals surface area (Å²) in [6, 6.07) is 8.36. The number of esters is 1. The van der Waals surface area contributed by atoms with Gasteiger partial charge in [0.05, 0.1) is 30.3 Å². The molecular formula is C19H20N4O4S. The second-order valence-electron chi connectivity index (χ2n) is 5.85. The third-order valence-corrected chi connectivity index (χ3v) is 5.02. The van der Waals surface area contributed by atoms with E-state index in [4.69, 9.17) is 4.42 Å². The highest BCUT2D eigenvalue weighted by atomic mass is 32.2. The van der Waals surface area contributed by atoms with Crippen LogP contribution in [0, 0.1) is 6.92 Å². The number of rotatable bonds is 7. The van der Waals surface area contributed by atoms with Gasteiger partial charge in [0, 0.05) is 12.2 Å². The minimum Gasteiger partial charge on any atom is -0.469 e. The maximum Gasteiger partial charge on any atom is 0.337 e. The zero-order valence-electron chi connectivity index (χ0n) is 15.8. The largest absolute Gasteiger partial charge is 0.469 e. The molecule has 0 spiro atoms. The van der Waals surface area contributed by atoms with Crippen molar-refractivity contribution in [1.82, 2.24) is 14.8 Å². The molecule has 0 fully saturated rings. The fourth-order valence-corrected chi connectivity index (χ4v) is 3.43. The van der Waals surface area contributed by atoms with Gasteiger partial charge in [0.2, 0.25) is 5.91 Å². The van der Waals surface area contributed by atoms with E-state index in [1.807, 2.05) is 24.5 Å². The number of aromatic nitrogens is 3. The van der Waals surface area contributed by atoms with Crippen molar-refractivity contribution in [2.45, 2.75) is 25.5 Å². The molecule has 0 atom stereocenters. The number of nitrogens with zero attached hydrogens (tertiary/aromatic N) is 3. The first-order chi connectivity index (χ1) is 13.5. The average molecular weight is 400 g/mol. The maximum absolute atomic E-state index is 12.3. The third kappa shape index (κ3) is 4.25. The summed E-state index contributed by atoms with van der Waals surface area (Å²) >= 11 is 1.31. The summed E-state index contributed by atoms with van der Waals surface area (Å²) in [5.74, 6) is 1.07. The van der Waals surface area contributed by atoms with Crippen LogP contribution in [0.4, 0.5) is 5.69 Å². The van der Waals surface area contributed by atoms with Gasteiger partial charge < -0.3 is 19.0 Å². The van der Waals surface area contributed by atoms with Crippen molar-refractivity contribution in [2.24, 2.45) is 0 Å². The summed E-state index contributed by atoms with van der Waals surface area (Å²) in [6.45, 7) is 4.54. The van der Waals surface area contributed by atoms with E-state index in [2.05, 4.69) is 20.3 Å². The van der Waals surface area contributed by atoms with Crippen molar-refractivity contribution in [3.63, 3.8) is 0 Å². The standard InChI is InChI=1S/C19H20N4O4S/c1-4-23-17(15-9-10-27-12(15)2)21-22-19(23)28-11-16(24)20-14-7-5-13(6-8-14)18(25)26-3/h5-10H,4,11H2,1-3H3,(H,20,24). The fraction of sp³-hybridized carbons (Fsp3) is 0.263. The Kier molecular flexibility index (Phi) is 6.15. The first-order valence-corrected chi connectivity index (χ1v) is 9.60. The summed E-state index contributed by atoms with van der Waals surface area (Å²) in [6.07, 6.45) is 1.62. The van der Waals surface area contributed by atoms with Gasteiger partial charge in [-0.25, -0.2) is 4.79 Å². The zero-order chi connectivity index (χ0) is 20.1. The molecule has 0 aliphatic heterocycles. The van der Waals surface area contributed by atoms with Crippen LogP contribution in [0.15, 0.2) is 46.2 Å². The number of ether oxygens (including phenoxy) is 1. The van der Waals surface area contributed by atoms with Crippen molar-refractivity contribution in [1.29, 1.82) is 0 Å². The molecule has 1 aromatic carbocycles. The van der Waals surface area contributed by atoms with Gasteiger partial charge in [0.25, 0.3) is 0 Å². The molecular weight excluding hydrogens is 380 g/mol. The van der Waals surface area contributed by atoms with E-state index in [-0.39, 0.29) is 11.7 Å². The number of furan rings is 1. The molecule has 0 unspecified atom stereocenters. The number of amides is 1. The van der Waals surface area contributed by atoms with Gasteiger partial charge >= 0.3 is 5.97 Å². The number of thioether (sulfide) groups is 1. The molecule has 2 aromatic heterocycles. The molecule has 0 aliphatic rings. The number of hydrogen-bond acceptors (Lipinski definition) is 7. The molecule has 9 heteroatoms. The van der Waals surface area contributed by atoms with Crippen molar-refractivity contribution in [3.8, 4) is 11.4 Å². The van der Waals surface area contributed by atoms with E-state index in [0.29, 0.717) is 23.0 Å². The van der Waals surface area contributed by atoms with Gasteiger partial charge in [-0.05, 0) is 44.2 Å². The van der Waals surface area contributed by atoms with Crippen LogP contribution in [-0.2, 0) is 16.1 Å². The number of carbonyl (C=O) groups excluding carboxylic acids is 2. The van der Waals surface area contributed by atoms with Crippen LogP contribution in [0.1, 0.15) is 23.0 Å². The Bertz CT molecular complexity index is 978. The number of anilines is 1. The number of nitrogens with one attached hydrogen (secondary N) is 1. The first-order valence-electron chi connectivity index (χ1n) is 8.62. The maximum atomic E-state index is 12.3. The lowest BCUT2D eigenvalue weighted by atomic mass is 10.2. The van der Waals surface area contributed by atoms with Gasteiger partial charge in [-0.3, -0.25) is 4.79 Å². The minimum atomic E-state index is -0.420. The predicted molar refractivity (Wildman–Crippen MR) is 105 cm³/mol. The lowest BCUT2D eigenvalue weighted by Crippen LogP contribution is -2.15. The number of methoxy groups -OCH3 is 1. The monoisotopic (exact) mass is 400 g/mol. The van der Waals surface area contributed by atoms with Crippen molar-refractivity contribution >= 4 is 29.3 Å². The van der Waals surface area contributed by atoms with Crippen LogP contribution < -0.4 is 5.32 Å². The molecule has 28 heavy (non-hydrogen) atoms. The first kappa shape index (κ1) is 19.7. The van der Waals surface area contributed by atoms with Crippen molar-refractivity contribution < 1.29 is 18.7 Å². The predicted octanol–water partition coefficient (Wildman–Crippen LogP) is 3.38. The Morgan fingerprint density at radius 2 is 1.96 bits per heavy atom. The molecule has 0 radical (unpaired) electrons. The fourth-order valence-electron chi connectivity index (χ4n) is 2.63. The highest BCUT2D eigenvalue weighted by Crippen LogP contribution is 2.27. The SMILES string of the molecule is CCn1c(SCC(=O)Nc2ccc(C(=O)OC)cc2)nnc1-c1ccoc1C. The van der Waals surface area contributed by atoms with E-state index >= 15 is 0 Å². The van der Waals surface area contributed by atoms with Gasteiger partial charge in [0.1, 0.15) is 5.76 Å². The Hall–Kier alpha value is -3.07. The second kappa shape index (κ2) is 8.75. The quantitative estimate of drug-likeness (QED) is 0.479. The molecule has 3 aromatic rings. The number of benzene rings is 1. The normalized spacial score (nSPS) is 10.7. The molecule has 8 nitrogen and oxygen atoms in total. The van der Waals surface area contributed by atoms with E-state index in [1.165, 1.54) is 18.9 Å². The topological polar surface area (TPSA) is 99.2 Å². The average Bonchev–Trinajstić information content (AvgIpc) is 3.31. The third-order valence-electron chi connectivity index (χ3n) is 4.05. The molecule has 0 saturated carbocycles. The summed E-state index contributed by atoms with van der Waals surface area (Å²) in [4.78, 5) is 23.7. The van der Waals surface area contributed by atoms with Crippen LogP contribution >= 0.6 is 11.8 Å². The Morgan fingerprint density at radius 1 is 1.21 bits per heavy atom. The number of hydrogen-bond donors (Lipinski definition) is 1.